The van der Waals surface area contributed by atoms with Gasteiger partial charge in [0.1, 0.15) is 0 Å². The van der Waals surface area contributed by atoms with Gasteiger partial charge in [0.05, 0.1) is 18.8 Å². The van der Waals surface area contributed by atoms with Crippen molar-refractivity contribution in [1.29, 1.82) is 0 Å². The minimum Gasteiger partial charge on any atom is -0.374 e. The molecule has 0 saturated carbocycles. The molecule has 0 amide bonds. The Hall–Kier alpha value is -0.540. The van der Waals surface area contributed by atoms with Crippen molar-refractivity contribution >= 4 is 0 Å². The monoisotopic (exact) mass is 182 g/mol. The lowest BCUT2D eigenvalue weighted by Gasteiger charge is -2.35. The Labute approximate surface area is 80.0 Å². The molecule has 2 fully saturated rings. The summed E-state index contributed by atoms with van der Waals surface area (Å²) in [6, 6.07) is 0.594. The second kappa shape index (κ2) is 3.68. The smallest absolute Gasteiger partial charge is 0.0922 e. The van der Waals surface area contributed by atoms with Gasteiger partial charge >= 0.3 is 0 Å². The molecule has 2 saturated heterocycles. The molecule has 0 bridgehead atoms. The third kappa shape index (κ3) is 1.58. The first kappa shape index (κ1) is 9.03. The van der Waals surface area contributed by atoms with Crippen LogP contribution < -0.4 is 0 Å². The van der Waals surface area contributed by atoms with Gasteiger partial charge in [-0.05, 0) is 12.7 Å². The quantitative estimate of drug-likeness (QED) is 0.620. The van der Waals surface area contributed by atoms with Crippen molar-refractivity contribution < 1.29 is 4.74 Å². The lowest BCUT2D eigenvalue weighted by Crippen LogP contribution is -2.50. The van der Waals surface area contributed by atoms with Crippen molar-refractivity contribution in [2.24, 2.45) is 0 Å². The van der Waals surface area contributed by atoms with Crippen LogP contribution in [0.2, 0.25) is 0 Å². The van der Waals surface area contributed by atoms with E-state index in [1.807, 2.05) is 6.20 Å². The van der Waals surface area contributed by atoms with E-state index in [4.69, 9.17) is 4.74 Å². The second-order valence-corrected chi connectivity index (χ2v) is 3.74. The van der Waals surface area contributed by atoms with Crippen LogP contribution in [0, 0.1) is 0 Å². The summed E-state index contributed by atoms with van der Waals surface area (Å²) < 4.78 is 5.73. The maximum atomic E-state index is 5.73. The van der Waals surface area contributed by atoms with E-state index in [2.05, 4.69) is 23.3 Å². The maximum absolute atomic E-state index is 5.73. The zero-order chi connectivity index (χ0) is 9.26. The summed E-state index contributed by atoms with van der Waals surface area (Å²) in [4.78, 5) is 4.76. The molecule has 2 atom stereocenters. The normalized spacial score (nSPS) is 34.7. The molecular weight excluding hydrogens is 164 g/mol. The van der Waals surface area contributed by atoms with E-state index in [0.717, 1.165) is 32.8 Å². The fourth-order valence-corrected chi connectivity index (χ4v) is 2.33. The highest BCUT2D eigenvalue weighted by Crippen LogP contribution is 2.22. The summed E-state index contributed by atoms with van der Waals surface area (Å²) in [6.07, 6.45) is 2.34. The van der Waals surface area contributed by atoms with Gasteiger partial charge in [0.2, 0.25) is 0 Å². The highest BCUT2D eigenvalue weighted by Gasteiger charge is 2.38. The average Bonchev–Trinajstić information content (AvgIpc) is 2.59. The molecular formula is C10H18N2O. The molecule has 2 aliphatic heterocycles. The maximum Gasteiger partial charge on any atom is 0.0922 e. The molecule has 0 N–H and O–H groups in total. The van der Waals surface area contributed by atoms with Crippen LogP contribution in [0.15, 0.2) is 12.8 Å². The van der Waals surface area contributed by atoms with E-state index < -0.39 is 0 Å². The number of likely N-dealkylation sites (N-methyl/N-ethyl adjacent to an activating group) is 1. The fourth-order valence-electron chi connectivity index (χ4n) is 2.33. The van der Waals surface area contributed by atoms with Gasteiger partial charge in [-0.3, -0.25) is 4.90 Å². The van der Waals surface area contributed by atoms with Gasteiger partial charge < -0.3 is 9.64 Å². The Kier molecular flexibility index (Phi) is 2.56. The van der Waals surface area contributed by atoms with Crippen LogP contribution in [0.1, 0.15) is 6.92 Å². The van der Waals surface area contributed by atoms with Gasteiger partial charge in [0, 0.05) is 19.6 Å². The summed E-state index contributed by atoms with van der Waals surface area (Å²) in [5, 5.41) is 0. The molecule has 2 aliphatic rings. The summed E-state index contributed by atoms with van der Waals surface area (Å²) in [6.45, 7) is 11.2. The van der Waals surface area contributed by atoms with Gasteiger partial charge in [-0.15, -0.1) is 0 Å². The predicted octanol–water partition coefficient (Wildman–Crippen LogP) is 0.535. The number of morpholine rings is 1. The molecule has 0 aromatic heterocycles. The molecule has 3 heteroatoms. The molecule has 2 heterocycles. The Morgan fingerprint density at radius 3 is 3.08 bits per heavy atom. The largest absolute Gasteiger partial charge is 0.374 e. The summed E-state index contributed by atoms with van der Waals surface area (Å²) in [5.41, 5.74) is 0. The van der Waals surface area contributed by atoms with E-state index >= 15 is 0 Å². The minimum absolute atomic E-state index is 0.409. The molecule has 0 aromatic carbocycles. The number of likely N-dealkylation sites (tertiary alicyclic amines) is 1. The third-order valence-corrected chi connectivity index (χ3v) is 3.11. The van der Waals surface area contributed by atoms with Crippen molar-refractivity contribution in [3.63, 3.8) is 0 Å². The van der Waals surface area contributed by atoms with E-state index in [-0.39, 0.29) is 0 Å². The van der Waals surface area contributed by atoms with Gasteiger partial charge in [-0.25, -0.2) is 0 Å². The standard InChI is InChI=1S/C10H18N2O/c1-3-11-7-9-10(8-11)13-6-5-12(9)4-2/h3,9-10H,1,4-8H2,2H3. The van der Waals surface area contributed by atoms with Crippen molar-refractivity contribution in [3.8, 4) is 0 Å². The molecule has 13 heavy (non-hydrogen) atoms. The van der Waals surface area contributed by atoms with Gasteiger partial charge in [-0.2, -0.15) is 0 Å². The number of fused-ring (bicyclic) bond motifs is 1. The summed E-state index contributed by atoms with van der Waals surface area (Å²) in [7, 11) is 0. The average molecular weight is 182 g/mol. The topological polar surface area (TPSA) is 15.7 Å². The van der Waals surface area contributed by atoms with Crippen molar-refractivity contribution in [2.75, 3.05) is 32.8 Å². The molecule has 0 aliphatic carbocycles. The zero-order valence-corrected chi connectivity index (χ0v) is 8.28. The molecule has 74 valence electrons. The Morgan fingerprint density at radius 1 is 1.54 bits per heavy atom. The van der Waals surface area contributed by atoms with Gasteiger partial charge in [0.15, 0.2) is 0 Å². The van der Waals surface area contributed by atoms with Gasteiger partial charge in [0.25, 0.3) is 0 Å². The second-order valence-electron chi connectivity index (χ2n) is 3.74. The lowest BCUT2D eigenvalue weighted by atomic mass is 10.1. The number of nitrogens with zero attached hydrogens (tertiary/aromatic N) is 2. The number of ether oxygens (including phenoxy) is 1. The van der Waals surface area contributed by atoms with Crippen LogP contribution in [-0.4, -0.2) is 54.7 Å². The van der Waals surface area contributed by atoms with Crippen molar-refractivity contribution in [1.82, 2.24) is 9.80 Å². The van der Waals surface area contributed by atoms with Crippen LogP contribution in [-0.2, 0) is 4.74 Å². The van der Waals surface area contributed by atoms with E-state index in [9.17, 15) is 0 Å². The van der Waals surface area contributed by atoms with Crippen molar-refractivity contribution in [3.05, 3.63) is 12.8 Å². The molecule has 2 rings (SSSR count). The first-order valence-electron chi connectivity index (χ1n) is 5.07. The van der Waals surface area contributed by atoms with Gasteiger partial charge in [-0.1, -0.05) is 13.5 Å². The third-order valence-electron chi connectivity index (χ3n) is 3.11. The van der Waals surface area contributed by atoms with Crippen LogP contribution in [0.3, 0.4) is 0 Å². The van der Waals surface area contributed by atoms with Crippen molar-refractivity contribution in [2.45, 2.75) is 19.1 Å². The lowest BCUT2D eigenvalue weighted by molar-refractivity contribution is -0.0449. The number of hydrogen-bond acceptors (Lipinski definition) is 3. The zero-order valence-electron chi connectivity index (χ0n) is 8.28. The summed E-state index contributed by atoms with van der Waals surface area (Å²) >= 11 is 0. The molecule has 0 radical (unpaired) electrons. The summed E-state index contributed by atoms with van der Waals surface area (Å²) in [5.74, 6) is 0. The Morgan fingerprint density at radius 2 is 2.38 bits per heavy atom. The first-order valence-corrected chi connectivity index (χ1v) is 5.07. The minimum atomic E-state index is 0.409. The van der Waals surface area contributed by atoms with Crippen LogP contribution in [0.5, 0.6) is 0 Å². The highest BCUT2D eigenvalue weighted by molar-refractivity contribution is 4.96. The predicted molar refractivity (Wildman–Crippen MR) is 52.5 cm³/mol. The van der Waals surface area contributed by atoms with Crippen LogP contribution in [0.4, 0.5) is 0 Å². The van der Waals surface area contributed by atoms with E-state index in [1.54, 1.807) is 0 Å². The number of rotatable bonds is 2. The molecule has 3 nitrogen and oxygen atoms in total. The Balaban J connectivity index is 2.03. The number of hydrogen-bond donors (Lipinski definition) is 0. The van der Waals surface area contributed by atoms with Crippen LogP contribution in [0.25, 0.3) is 0 Å². The highest BCUT2D eigenvalue weighted by atomic mass is 16.5. The Bertz CT molecular complexity index is 195. The van der Waals surface area contributed by atoms with E-state index in [1.165, 1.54) is 0 Å². The molecule has 0 aromatic rings. The molecule has 0 spiro atoms. The first-order chi connectivity index (χ1) is 6.35. The SMILES string of the molecule is C=CN1CC2OCCN(CC)C2C1. The fraction of sp³-hybridized carbons (Fsp3) is 0.800. The van der Waals surface area contributed by atoms with Crippen LogP contribution >= 0.6 is 0 Å². The van der Waals surface area contributed by atoms with E-state index in [0.29, 0.717) is 12.1 Å². The molecule has 2 unspecified atom stereocenters.